The van der Waals surface area contributed by atoms with Crippen LogP contribution in [0.2, 0.25) is 0 Å². The summed E-state index contributed by atoms with van der Waals surface area (Å²) in [7, 11) is 2.72. The van der Waals surface area contributed by atoms with Crippen molar-refractivity contribution in [3.63, 3.8) is 0 Å². The van der Waals surface area contributed by atoms with Gasteiger partial charge in [-0.3, -0.25) is 14.1 Å². The number of fused-ring (bicyclic) bond motifs is 2. The van der Waals surface area contributed by atoms with Gasteiger partial charge in [-0.15, -0.1) is 0 Å². The van der Waals surface area contributed by atoms with Crippen molar-refractivity contribution in [2.45, 2.75) is 32.9 Å². The molecule has 0 saturated heterocycles. The van der Waals surface area contributed by atoms with Crippen LogP contribution in [-0.2, 0) is 32.1 Å². The third-order valence-corrected chi connectivity index (χ3v) is 9.41. The van der Waals surface area contributed by atoms with Gasteiger partial charge in [-0.2, -0.15) is 9.29 Å². The van der Waals surface area contributed by atoms with E-state index in [1.807, 2.05) is 18.2 Å². The summed E-state index contributed by atoms with van der Waals surface area (Å²) in [6.45, 7) is 3.23. The molecule has 0 aliphatic heterocycles. The van der Waals surface area contributed by atoms with Crippen molar-refractivity contribution in [1.29, 1.82) is 0 Å². The summed E-state index contributed by atoms with van der Waals surface area (Å²) in [5.41, 5.74) is 4.30. The SMILES string of the molecule is CNC(=O)c1c(-c2ccc(F)cc2)oc2cc(CN(CCC(=O)NC(C(=O)OC)C(C)C)S(=O)O)c(-c3cccc(-c4nc5ncccc5o4)c3)cc12. The Hall–Kier alpha value is -5.77. The minimum absolute atomic E-state index is 0.134. The number of hydrogen-bond donors (Lipinski definition) is 3. The van der Waals surface area contributed by atoms with Crippen molar-refractivity contribution >= 4 is 51.2 Å². The summed E-state index contributed by atoms with van der Waals surface area (Å²) < 4.78 is 55.2. The first-order valence-corrected chi connectivity index (χ1v) is 17.7. The molecule has 2 unspecified atom stereocenters. The maximum absolute atomic E-state index is 13.9. The van der Waals surface area contributed by atoms with Crippen molar-refractivity contribution in [3.8, 4) is 33.9 Å². The maximum atomic E-state index is 13.9. The molecule has 53 heavy (non-hydrogen) atoms. The van der Waals surface area contributed by atoms with Crippen LogP contribution in [0.5, 0.6) is 0 Å². The van der Waals surface area contributed by atoms with Crippen molar-refractivity contribution < 1.29 is 41.1 Å². The lowest BCUT2D eigenvalue weighted by Gasteiger charge is -2.22. The molecule has 13 nitrogen and oxygen atoms in total. The van der Waals surface area contributed by atoms with Crippen molar-refractivity contribution in [3.05, 3.63) is 95.9 Å². The molecule has 2 amide bonds. The largest absolute Gasteiger partial charge is 0.467 e. The molecular weight excluding hydrogens is 706 g/mol. The molecule has 0 aliphatic rings. The van der Waals surface area contributed by atoms with Crippen LogP contribution in [-0.4, -0.2) is 67.6 Å². The molecule has 274 valence electrons. The number of ether oxygens (including phenoxy) is 1. The normalized spacial score (nSPS) is 12.7. The third-order valence-electron chi connectivity index (χ3n) is 8.65. The molecule has 15 heteroatoms. The Morgan fingerprint density at radius 3 is 2.42 bits per heavy atom. The first kappa shape index (κ1) is 37.0. The minimum atomic E-state index is -2.53. The molecule has 0 fully saturated rings. The lowest BCUT2D eigenvalue weighted by atomic mass is 9.94. The number of oxazole rings is 1. The average molecular weight is 742 g/mol. The molecule has 3 N–H and O–H groups in total. The number of aromatic nitrogens is 2. The quantitative estimate of drug-likeness (QED) is 0.0925. The van der Waals surface area contributed by atoms with E-state index in [4.69, 9.17) is 13.6 Å². The summed E-state index contributed by atoms with van der Waals surface area (Å²) in [6.07, 6.45) is 1.41. The van der Waals surface area contributed by atoms with Gasteiger partial charge in [0, 0.05) is 49.3 Å². The van der Waals surface area contributed by atoms with Gasteiger partial charge >= 0.3 is 5.97 Å². The van der Waals surface area contributed by atoms with Crippen LogP contribution in [0.15, 0.2) is 87.8 Å². The fourth-order valence-corrected chi connectivity index (χ4v) is 6.45. The molecule has 2 atom stereocenters. The van der Waals surface area contributed by atoms with Gasteiger partial charge in [0.05, 0.1) is 12.7 Å². The number of nitrogens with zero attached hydrogens (tertiary/aromatic N) is 3. The predicted octanol–water partition coefficient (Wildman–Crippen LogP) is 6.11. The zero-order valence-corrected chi connectivity index (χ0v) is 30.0. The molecule has 0 bridgehead atoms. The molecule has 0 radical (unpaired) electrons. The van der Waals surface area contributed by atoms with E-state index in [-0.39, 0.29) is 36.8 Å². The number of nitrogens with one attached hydrogen (secondary N) is 2. The minimum Gasteiger partial charge on any atom is -0.467 e. The molecule has 3 aromatic carbocycles. The zero-order chi connectivity index (χ0) is 37.8. The topological polar surface area (TPSA) is 177 Å². The highest BCUT2D eigenvalue weighted by atomic mass is 32.2. The number of carbonyl (C=O) groups excluding carboxylic acids is 3. The van der Waals surface area contributed by atoms with Gasteiger partial charge in [0.15, 0.2) is 11.2 Å². The fraction of sp³-hybridized carbons (Fsp3) is 0.237. The molecule has 6 aromatic rings. The van der Waals surface area contributed by atoms with E-state index in [1.165, 1.54) is 42.7 Å². The van der Waals surface area contributed by atoms with E-state index in [2.05, 4.69) is 20.6 Å². The smallest absolute Gasteiger partial charge is 0.328 e. The first-order chi connectivity index (χ1) is 25.5. The van der Waals surface area contributed by atoms with Crippen LogP contribution in [0.4, 0.5) is 4.39 Å². The van der Waals surface area contributed by atoms with Gasteiger partial charge < -0.3 is 24.2 Å². The zero-order valence-electron chi connectivity index (χ0n) is 29.2. The highest BCUT2D eigenvalue weighted by Gasteiger charge is 2.27. The van der Waals surface area contributed by atoms with Gasteiger partial charge in [0.2, 0.25) is 23.1 Å². The molecule has 0 spiro atoms. The van der Waals surface area contributed by atoms with E-state index < -0.39 is 40.9 Å². The van der Waals surface area contributed by atoms with Crippen LogP contribution in [0.3, 0.4) is 0 Å². The molecule has 6 rings (SSSR count). The summed E-state index contributed by atoms with van der Waals surface area (Å²) in [5.74, 6) is -1.72. The lowest BCUT2D eigenvalue weighted by molar-refractivity contribution is -0.146. The summed E-state index contributed by atoms with van der Waals surface area (Å²) >= 11 is -2.53. The molecule has 3 aromatic heterocycles. The van der Waals surface area contributed by atoms with Gasteiger partial charge in [-0.25, -0.2) is 18.4 Å². The van der Waals surface area contributed by atoms with Crippen LogP contribution in [0.25, 0.3) is 56.1 Å². The Kier molecular flexibility index (Phi) is 11.1. The van der Waals surface area contributed by atoms with Gasteiger partial charge in [0.1, 0.15) is 23.2 Å². The lowest BCUT2D eigenvalue weighted by Crippen LogP contribution is -2.45. The average Bonchev–Trinajstić information content (AvgIpc) is 3.76. The Morgan fingerprint density at radius 2 is 1.74 bits per heavy atom. The number of esters is 1. The predicted molar refractivity (Wildman–Crippen MR) is 196 cm³/mol. The summed E-state index contributed by atoms with van der Waals surface area (Å²) in [6, 6.07) is 18.9. The van der Waals surface area contributed by atoms with Gasteiger partial charge in [0.25, 0.3) is 5.91 Å². The van der Waals surface area contributed by atoms with Gasteiger partial charge in [-0.05, 0) is 83.3 Å². The van der Waals surface area contributed by atoms with E-state index >= 15 is 0 Å². The van der Waals surface area contributed by atoms with Crippen molar-refractivity contribution in [2.75, 3.05) is 20.7 Å². The molecule has 0 saturated carbocycles. The van der Waals surface area contributed by atoms with E-state index in [9.17, 15) is 27.5 Å². The fourth-order valence-electron chi connectivity index (χ4n) is 5.95. The van der Waals surface area contributed by atoms with E-state index in [1.54, 1.807) is 50.4 Å². The first-order valence-electron chi connectivity index (χ1n) is 16.6. The van der Waals surface area contributed by atoms with E-state index in [0.717, 1.165) is 0 Å². The van der Waals surface area contributed by atoms with Crippen molar-refractivity contribution in [2.24, 2.45) is 5.92 Å². The molecule has 0 aliphatic carbocycles. The second-order valence-electron chi connectivity index (χ2n) is 12.5. The number of pyridine rings is 1. The second kappa shape index (κ2) is 15.9. The number of hydrogen-bond acceptors (Lipinski definition) is 9. The van der Waals surface area contributed by atoms with E-state index in [0.29, 0.717) is 55.9 Å². The second-order valence-corrected chi connectivity index (χ2v) is 13.5. The summed E-state index contributed by atoms with van der Waals surface area (Å²) in [5, 5.41) is 5.74. The van der Waals surface area contributed by atoms with Crippen LogP contribution < -0.4 is 10.6 Å². The van der Waals surface area contributed by atoms with Gasteiger partial charge in [-0.1, -0.05) is 26.0 Å². The number of amides is 2. The Bertz CT molecular complexity index is 2310. The van der Waals surface area contributed by atoms with Crippen molar-refractivity contribution in [1.82, 2.24) is 24.9 Å². The highest BCUT2D eigenvalue weighted by molar-refractivity contribution is 7.76. The standard InChI is InChI=1S/C38H36FN5O8S/c1-21(2)33(38(47)50-4)42-31(45)14-16-44(53(48)49)20-25-18-30-28(32(36(46)40-3)34(51-30)22-10-12-26(39)13-11-22)19-27(25)23-7-5-8-24(17-23)37-43-35-29(52-37)9-6-15-41-35/h5-13,15,17-19,21,33H,14,16,20H2,1-4H3,(H,40,46)(H,42,45)(H,48,49). The number of benzene rings is 3. The maximum Gasteiger partial charge on any atom is 0.328 e. The number of carbonyl (C=O) groups is 3. The summed E-state index contributed by atoms with van der Waals surface area (Å²) in [4.78, 5) is 47.3. The highest BCUT2D eigenvalue weighted by Crippen LogP contribution is 2.39. The monoisotopic (exact) mass is 741 g/mol. The Labute approximate surface area is 306 Å². The Balaban J connectivity index is 1.44. The Morgan fingerprint density at radius 1 is 0.981 bits per heavy atom. The van der Waals surface area contributed by atoms with Crippen LogP contribution >= 0.6 is 0 Å². The number of halogens is 1. The van der Waals surface area contributed by atoms with Crippen LogP contribution in [0.1, 0.15) is 36.2 Å². The molecular formula is C38H36FN5O8S. The number of methoxy groups -OCH3 is 1. The number of furan rings is 1. The van der Waals surface area contributed by atoms with Crippen LogP contribution in [0, 0.1) is 11.7 Å². The molecule has 3 heterocycles. The third kappa shape index (κ3) is 8.01. The number of rotatable bonds is 13.